The van der Waals surface area contributed by atoms with E-state index in [4.69, 9.17) is 13.9 Å². The fourth-order valence-corrected chi connectivity index (χ4v) is 1.86. The van der Waals surface area contributed by atoms with Gasteiger partial charge in [-0.2, -0.15) is 0 Å². The minimum absolute atomic E-state index is 0.314. The molecule has 0 spiro atoms. The molecule has 0 fully saturated rings. The highest BCUT2D eigenvalue weighted by Gasteiger charge is 2.16. The van der Waals surface area contributed by atoms with Gasteiger partial charge in [-0.1, -0.05) is 12.1 Å². The lowest BCUT2D eigenvalue weighted by molar-refractivity contribution is 0.173. The summed E-state index contributed by atoms with van der Waals surface area (Å²) in [5, 5.41) is 3.34. The lowest BCUT2D eigenvalue weighted by Crippen LogP contribution is -2.12. The zero-order valence-electron chi connectivity index (χ0n) is 9.31. The van der Waals surface area contributed by atoms with Crippen LogP contribution in [0, 0.1) is 0 Å². The summed E-state index contributed by atoms with van der Waals surface area (Å²) in [4.78, 5) is 0. The van der Waals surface area contributed by atoms with E-state index in [1.165, 1.54) is 0 Å². The van der Waals surface area contributed by atoms with Crippen molar-refractivity contribution in [3.8, 4) is 11.5 Å². The first-order chi connectivity index (χ1) is 8.43. The van der Waals surface area contributed by atoms with Crippen molar-refractivity contribution in [3.63, 3.8) is 0 Å². The summed E-state index contributed by atoms with van der Waals surface area (Å²) in [5.41, 5.74) is 2.25. The van der Waals surface area contributed by atoms with Crippen molar-refractivity contribution in [2.75, 3.05) is 6.79 Å². The van der Waals surface area contributed by atoms with Gasteiger partial charge in [0.05, 0.1) is 12.5 Å². The third-order valence-electron chi connectivity index (χ3n) is 2.70. The number of benzene rings is 1. The van der Waals surface area contributed by atoms with E-state index in [0.717, 1.165) is 35.7 Å². The molecular weight excluding hydrogens is 218 g/mol. The van der Waals surface area contributed by atoms with E-state index in [9.17, 15) is 0 Å². The summed E-state index contributed by atoms with van der Waals surface area (Å²) in [6.45, 7) is 1.84. The maximum Gasteiger partial charge on any atom is 0.231 e. The molecule has 2 aromatic rings. The normalized spacial score (nSPS) is 12.9. The zero-order chi connectivity index (χ0) is 11.5. The monoisotopic (exact) mass is 231 g/mol. The summed E-state index contributed by atoms with van der Waals surface area (Å²) in [7, 11) is 0. The minimum atomic E-state index is 0.314. The van der Waals surface area contributed by atoms with Crippen LogP contribution in [0.5, 0.6) is 11.5 Å². The fourth-order valence-electron chi connectivity index (χ4n) is 1.86. The summed E-state index contributed by atoms with van der Waals surface area (Å²) < 4.78 is 15.8. The number of para-hydroxylation sites is 1. The molecule has 0 saturated carbocycles. The Balaban J connectivity index is 1.64. The first-order valence-corrected chi connectivity index (χ1v) is 5.53. The average molecular weight is 231 g/mol. The van der Waals surface area contributed by atoms with Gasteiger partial charge in [0.1, 0.15) is 0 Å². The molecule has 0 aliphatic carbocycles. The molecule has 2 heterocycles. The van der Waals surface area contributed by atoms with Gasteiger partial charge in [0.25, 0.3) is 0 Å². The molecule has 1 aliphatic heterocycles. The van der Waals surface area contributed by atoms with Gasteiger partial charge < -0.3 is 19.2 Å². The van der Waals surface area contributed by atoms with Crippen LogP contribution in [0.3, 0.4) is 0 Å². The van der Waals surface area contributed by atoms with Gasteiger partial charge in [-0.05, 0) is 12.1 Å². The molecule has 1 aromatic heterocycles. The Hall–Kier alpha value is -1.94. The predicted molar refractivity (Wildman–Crippen MR) is 61.8 cm³/mol. The van der Waals surface area contributed by atoms with E-state index < -0.39 is 0 Å². The van der Waals surface area contributed by atoms with Crippen molar-refractivity contribution in [2.24, 2.45) is 0 Å². The average Bonchev–Trinajstić information content (AvgIpc) is 2.99. The van der Waals surface area contributed by atoms with Gasteiger partial charge in [-0.25, -0.2) is 0 Å². The molecule has 3 rings (SSSR count). The van der Waals surface area contributed by atoms with Crippen LogP contribution >= 0.6 is 0 Å². The third kappa shape index (κ3) is 2.12. The van der Waals surface area contributed by atoms with Crippen LogP contribution in [0.1, 0.15) is 11.1 Å². The van der Waals surface area contributed by atoms with Crippen molar-refractivity contribution >= 4 is 0 Å². The Bertz CT molecular complexity index is 493. The van der Waals surface area contributed by atoms with Crippen molar-refractivity contribution in [3.05, 3.63) is 47.9 Å². The molecule has 0 unspecified atom stereocenters. The zero-order valence-corrected chi connectivity index (χ0v) is 9.31. The second-order valence-electron chi connectivity index (χ2n) is 3.89. The molecule has 0 atom stereocenters. The molecular formula is C13H13NO3. The van der Waals surface area contributed by atoms with Crippen LogP contribution in [0.4, 0.5) is 0 Å². The van der Waals surface area contributed by atoms with Crippen molar-refractivity contribution in [2.45, 2.75) is 13.1 Å². The number of nitrogens with one attached hydrogen (secondary N) is 1. The summed E-state index contributed by atoms with van der Waals surface area (Å²) in [6, 6.07) is 7.88. The molecule has 4 heteroatoms. The fraction of sp³-hybridized carbons (Fsp3) is 0.231. The number of hydrogen-bond acceptors (Lipinski definition) is 4. The van der Waals surface area contributed by atoms with Crippen LogP contribution < -0.4 is 14.8 Å². The van der Waals surface area contributed by atoms with E-state index >= 15 is 0 Å². The molecule has 0 radical (unpaired) electrons. The molecule has 88 valence electrons. The van der Waals surface area contributed by atoms with Gasteiger partial charge in [0.2, 0.25) is 6.79 Å². The van der Waals surface area contributed by atoms with Crippen LogP contribution in [0.25, 0.3) is 0 Å². The smallest absolute Gasteiger partial charge is 0.231 e. The molecule has 1 aliphatic rings. The van der Waals surface area contributed by atoms with E-state index in [-0.39, 0.29) is 0 Å². The Kier molecular flexibility index (Phi) is 2.71. The van der Waals surface area contributed by atoms with Gasteiger partial charge in [0, 0.05) is 24.2 Å². The molecule has 0 amide bonds. The van der Waals surface area contributed by atoms with Crippen molar-refractivity contribution in [1.82, 2.24) is 5.32 Å². The van der Waals surface area contributed by atoms with Gasteiger partial charge in [-0.15, -0.1) is 0 Å². The Labute approximate surface area is 99.1 Å². The SMILES string of the molecule is c1cc(CNCc2ccoc2)c2c(c1)OCO2. The third-order valence-corrected chi connectivity index (χ3v) is 2.70. The van der Waals surface area contributed by atoms with Crippen LogP contribution in [0.15, 0.2) is 41.2 Å². The predicted octanol–water partition coefficient (Wildman–Crippen LogP) is 2.30. The molecule has 17 heavy (non-hydrogen) atoms. The van der Waals surface area contributed by atoms with Gasteiger partial charge >= 0.3 is 0 Å². The number of ether oxygens (including phenoxy) is 2. The number of hydrogen-bond donors (Lipinski definition) is 1. The van der Waals surface area contributed by atoms with E-state index in [2.05, 4.69) is 5.32 Å². The minimum Gasteiger partial charge on any atom is -0.472 e. The Morgan fingerprint density at radius 3 is 3.00 bits per heavy atom. The van der Waals surface area contributed by atoms with E-state index in [1.54, 1.807) is 12.5 Å². The lowest BCUT2D eigenvalue weighted by Gasteiger charge is -2.06. The highest BCUT2D eigenvalue weighted by atomic mass is 16.7. The molecule has 1 N–H and O–H groups in total. The summed E-state index contributed by atoms with van der Waals surface area (Å²) in [6.07, 6.45) is 3.41. The maximum absolute atomic E-state index is 5.44. The molecule has 0 saturated heterocycles. The molecule has 0 bridgehead atoms. The second kappa shape index (κ2) is 4.51. The number of fused-ring (bicyclic) bond motifs is 1. The van der Waals surface area contributed by atoms with E-state index in [0.29, 0.717) is 6.79 Å². The van der Waals surface area contributed by atoms with Crippen molar-refractivity contribution < 1.29 is 13.9 Å². The standard InChI is InChI=1S/C13H13NO3/c1-2-11(13-12(3-1)16-9-17-13)7-14-6-10-4-5-15-8-10/h1-5,8,14H,6-7,9H2. The summed E-state index contributed by atoms with van der Waals surface area (Å²) >= 11 is 0. The molecule has 1 aromatic carbocycles. The maximum atomic E-state index is 5.44. The summed E-state index contributed by atoms with van der Waals surface area (Å²) in [5.74, 6) is 1.68. The largest absolute Gasteiger partial charge is 0.472 e. The topological polar surface area (TPSA) is 43.6 Å². The van der Waals surface area contributed by atoms with Crippen molar-refractivity contribution in [1.29, 1.82) is 0 Å². The van der Waals surface area contributed by atoms with Gasteiger partial charge in [-0.3, -0.25) is 0 Å². The highest BCUT2D eigenvalue weighted by Crippen LogP contribution is 2.35. The van der Waals surface area contributed by atoms with Crippen LogP contribution in [-0.2, 0) is 13.1 Å². The van der Waals surface area contributed by atoms with E-state index in [1.807, 2.05) is 24.3 Å². The first kappa shape index (κ1) is 10.2. The Morgan fingerprint density at radius 2 is 2.12 bits per heavy atom. The van der Waals surface area contributed by atoms with Gasteiger partial charge in [0.15, 0.2) is 11.5 Å². The highest BCUT2D eigenvalue weighted by molar-refractivity contribution is 5.48. The second-order valence-corrected chi connectivity index (χ2v) is 3.89. The van der Waals surface area contributed by atoms with Crippen LogP contribution in [-0.4, -0.2) is 6.79 Å². The molecule has 4 nitrogen and oxygen atoms in total. The van der Waals surface area contributed by atoms with Crippen LogP contribution in [0.2, 0.25) is 0 Å². The Morgan fingerprint density at radius 1 is 1.12 bits per heavy atom. The quantitative estimate of drug-likeness (QED) is 0.876. The number of furan rings is 1. The lowest BCUT2D eigenvalue weighted by atomic mass is 10.2. The number of rotatable bonds is 4. The first-order valence-electron chi connectivity index (χ1n) is 5.53.